The molecule has 1 fully saturated rings. The number of nitrogens with zero attached hydrogens (tertiary/aromatic N) is 3. The minimum Gasteiger partial charge on any atom is -0.373 e. The van der Waals surface area contributed by atoms with Crippen molar-refractivity contribution in [2.24, 2.45) is 12.8 Å². The topological polar surface area (TPSA) is 66.0 Å². The zero-order valence-corrected chi connectivity index (χ0v) is 12.6. The first-order valence-corrected chi connectivity index (χ1v) is 7.34. The maximum absolute atomic E-state index is 6.48. The molecule has 1 aliphatic carbocycles. The summed E-state index contributed by atoms with van der Waals surface area (Å²) in [4.78, 5) is 0. The molecule has 0 bridgehead atoms. The lowest BCUT2D eigenvalue weighted by Gasteiger charge is -2.41. The summed E-state index contributed by atoms with van der Waals surface area (Å²) >= 11 is 3.43. The maximum atomic E-state index is 6.48. The van der Waals surface area contributed by atoms with Crippen LogP contribution in [0.25, 0.3) is 0 Å². The Morgan fingerprint density at radius 2 is 2.11 bits per heavy atom. The molecule has 1 aliphatic rings. The summed E-state index contributed by atoms with van der Waals surface area (Å²) in [7, 11) is 1.87. The van der Waals surface area contributed by atoms with Crippen molar-refractivity contribution in [2.45, 2.75) is 50.7 Å². The molecule has 1 unspecified atom stereocenters. The van der Waals surface area contributed by atoms with Crippen molar-refractivity contribution >= 4 is 15.9 Å². The molecule has 18 heavy (non-hydrogen) atoms. The summed E-state index contributed by atoms with van der Waals surface area (Å²) in [5.74, 6) is 0. The number of rotatable bonds is 4. The predicted molar refractivity (Wildman–Crippen MR) is 73.1 cm³/mol. The lowest BCUT2D eigenvalue weighted by molar-refractivity contribution is -0.0846. The second-order valence-corrected chi connectivity index (χ2v) is 5.68. The number of aryl methyl sites for hydroxylation is 1. The summed E-state index contributed by atoms with van der Waals surface area (Å²) in [6.07, 6.45) is 5.65. The van der Waals surface area contributed by atoms with E-state index in [1.807, 2.05) is 14.0 Å². The van der Waals surface area contributed by atoms with Gasteiger partial charge in [0.15, 0.2) is 4.60 Å². The first kappa shape index (κ1) is 14.0. The molecular weight excluding hydrogens is 296 g/mol. The van der Waals surface area contributed by atoms with Crippen LogP contribution in [-0.2, 0) is 11.8 Å². The van der Waals surface area contributed by atoms with Crippen LogP contribution < -0.4 is 5.73 Å². The average Bonchev–Trinajstić information content (AvgIpc) is 2.70. The van der Waals surface area contributed by atoms with Gasteiger partial charge in [0.05, 0.1) is 17.3 Å². The lowest BCUT2D eigenvalue weighted by Crippen LogP contribution is -2.46. The molecule has 5 nitrogen and oxygen atoms in total. The highest BCUT2D eigenvalue weighted by Gasteiger charge is 2.41. The van der Waals surface area contributed by atoms with Gasteiger partial charge in [-0.1, -0.05) is 24.5 Å². The Bertz CT molecular complexity index is 376. The number of hydrogen-bond acceptors (Lipinski definition) is 4. The monoisotopic (exact) mass is 316 g/mol. The SMILES string of the molecule is CCOC1(C(N)c2c(Br)nnn2C)CCCCC1. The van der Waals surface area contributed by atoms with Crippen LogP contribution in [0.1, 0.15) is 50.8 Å². The minimum atomic E-state index is -0.259. The number of aromatic nitrogens is 3. The van der Waals surface area contributed by atoms with Gasteiger partial charge in [0.1, 0.15) is 0 Å². The first-order valence-electron chi connectivity index (χ1n) is 6.55. The van der Waals surface area contributed by atoms with E-state index in [1.165, 1.54) is 19.3 Å². The minimum absolute atomic E-state index is 0.188. The van der Waals surface area contributed by atoms with E-state index in [0.29, 0.717) is 6.61 Å². The molecule has 1 heterocycles. The summed E-state index contributed by atoms with van der Waals surface area (Å²) in [6, 6.07) is -0.188. The molecule has 2 rings (SSSR count). The van der Waals surface area contributed by atoms with Gasteiger partial charge in [0.2, 0.25) is 0 Å². The number of halogens is 1. The lowest BCUT2D eigenvalue weighted by atomic mass is 9.78. The van der Waals surface area contributed by atoms with Crippen molar-refractivity contribution in [3.63, 3.8) is 0 Å². The molecule has 0 saturated heterocycles. The van der Waals surface area contributed by atoms with Crippen molar-refractivity contribution in [3.8, 4) is 0 Å². The van der Waals surface area contributed by atoms with Crippen molar-refractivity contribution < 1.29 is 4.74 Å². The van der Waals surface area contributed by atoms with Crippen LogP contribution in [0.2, 0.25) is 0 Å². The zero-order chi connectivity index (χ0) is 13.2. The van der Waals surface area contributed by atoms with Gasteiger partial charge in [-0.3, -0.25) is 0 Å². The van der Waals surface area contributed by atoms with Crippen LogP contribution >= 0.6 is 15.9 Å². The first-order chi connectivity index (χ1) is 8.60. The van der Waals surface area contributed by atoms with Gasteiger partial charge in [0.25, 0.3) is 0 Å². The third kappa shape index (κ3) is 2.46. The van der Waals surface area contributed by atoms with Crippen molar-refractivity contribution in [1.29, 1.82) is 0 Å². The van der Waals surface area contributed by atoms with E-state index in [4.69, 9.17) is 10.5 Å². The third-order valence-electron chi connectivity index (χ3n) is 3.82. The highest BCUT2D eigenvalue weighted by molar-refractivity contribution is 9.10. The van der Waals surface area contributed by atoms with E-state index < -0.39 is 0 Å². The standard InChI is InChI=1S/C12H21BrN4O/c1-3-18-12(7-5-4-6-8-12)10(14)9-11(13)15-16-17(9)2/h10H,3-8,14H2,1-2H3. The molecule has 2 N–H and O–H groups in total. The Hall–Kier alpha value is -0.460. The van der Waals surface area contributed by atoms with Crippen molar-refractivity contribution in [2.75, 3.05) is 6.61 Å². The van der Waals surface area contributed by atoms with Gasteiger partial charge in [-0.2, -0.15) is 0 Å². The Labute approximate surface area is 116 Å². The second kappa shape index (κ2) is 5.67. The van der Waals surface area contributed by atoms with Crippen LogP contribution in [0, 0.1) is 0 Å². The molecule has 0 spiro atoms. The van der Waals surface area contributed by atoms with Gasteiger partial charge >= 0.3 is 0 Å². The molecule has 0 radical (unpaired) electrons. The van der Waals surface area contributed by atoms with Crippen LogP contribution in [0.5, 0.6) is 0 Å². The van der Waals surface area contributed by atoms with Gasteiger partial charge in [0, 0.05) is 13.7 Å². The predicted octanol–water partition coefficient (Wildman–Crippen LogP) is 2.32. The highest BCUT2D eigenvalue weighted by Crippen LogP contribution is 2.41. The Morgan fingerprint density at radius 3 is 2.61 bits per heavy atom. The molecule has 1 aromatic heterocycles. The summed E-state index contributed by atoms with van der Waals surface area (Å²) in [5.41, 5.74) is 7.14. The zero-order valence-electron chi connectivity index (χ0n) is 11.0. The Kier molecular flexibility index (Phi) is 4.40. The van der Waals surface area contributed by atoms with E-state index >= 15 is 0 Å². The van der Waals surface area contributed by atoms with E-state index in [0.717, 1.165) is 23.1 Å². The van der Waals surface area contributed by atoms with Gasteiger partial charge < -0.3 is 10.5 Å². The summed E-state index contributed by atoms with van der Waals surface area (Å²) in [6.45, 7) is 2.72. The Balaban J connectivity index is 2.30. The molecule has 102 valence electrons. The van der Waals surface area contributed by atoms with Crippen molar-refractivity contribution in [1.82, 2.24) is 15.0 Å². The smallest absolute Gasteiger partial charge is 0.153 e. The molecule has 0 amide bonds. The normalized spacial score (nSPS) is 20.9. The Morgan fingerprint density at radius 1 is 1.44 bits per heavy atom. The van der Waals surface area contributed by atoms with Crippen LogP contribution in [0.15, 0.2) is 4.60 Å². The molecule has 0 aliphatic heterocycles. The number of ether oxygens (including phenoxy) is 1. The fraction of sp³-hybridized carbons (Fsp3) is 0.833. The van der Waals surface area contributed by atoms with E-state index in [2.05, 4.69) is 26.2 Å². The van der Waals surface area contributed by atoms with Gasteiger partial charge in [-0.15, -0.1) is 5.10 Å². The van der Waals surface area contributed by atoms with Crippen LogP contribution in [0.4, 0.5) is 0 Å². The van der Waals surface area contributed by atoms with E-state index in [-0.39, 0.29) is 11.6 Å². The maximum Gasteiger partial charge on any atom is 0.153 e. The largest absolute Gasteiger partial charge is 0.373 e. The van der Waals surface area contributed by atoms with E-state index in [1.54, 1.807) is 4.68 Å². The number of nitrogens with two attached hydrogens (primary N) is 1. The highest BCUT2D eigenvalue weighted by atomic mass is 79.9. The quantitative estimate of drug-likeness (QED) is 0.925. The number of hydrogen-bond donors (Lipinski definition) is 1. The average molecular weight is 317 g/mol. The van der Waals surface area contributed by atoms with E-state index in [9.17, 15) is 0 Å². The molecular formula is C12H21BrN4O. The van der Waals surface area contributed by atoms with Crippen molar-refractivity contribution in [3.05, 3.63) is 10.3 Å². The van der Waals surface area contributed by atoms with Crippen LogP contribution in [-0.4, -0.2) is 27.2 Å². The van der Waals surface area contributed by atoms with Gasteiger partial charge in [-0.05, 0) is 35.7 Å². The van der Waals surface area contributed by atoms with Gasteiger partial charge in [-0.25, -0.2) is 4.68 Å². The van der Waals surface area contributed by atoms with Crippen LogP contribution in [0.3, 0.4) is 0 Å². The third-order valence-corrected chi connectivity index (χ3v) is 4.38. The molecule has 6 heteroatoms. The summed E-state index contributed by atoms with van der Waals surface area (Å²) in [5, 5.41) is 8.02. The molecule has 1 saturated carbocycles. The second-order valence-electron chi connectivity index (χ2n) is 4.93. The fourth-order valence-electron chi connectivity index (χ4n) is 2.90. The molecule has 1 atom stereocenters. The molecule has 1 aromatic rings. The molecule has 0 aromatic carbocycles. The summed E-state index contributed by atoms with van der Waals surface area (Å²) < 4.78 is 8.52. The fourth-order valence-corrected chi connectivity index (χ4v) is 3.48.